The number of nitrogens with one attached hydrogen (secondary N) is 1. The van der Waals surface area contributed by atoms with E-state index in [0.29, 0.717) is 18.0 Å². The fraction of sp³-hybridized carbons (Fsp3) is 0.667. The van der Waals surface area contributed by atoms with E-state index >= 15 is 0 Å². The summed E-state index contributed by atoms with van der Waals surface area (Å²) in [4.78, 5) is 15.2. The minimum atomic E-state index is -3.59. The van der Waals surface area contributed by atoms with E-state index in [9.17, 15) is 18.3 Å². The van der Waals surface area contributed by atoms with Crippen LogP contribution in [0.2, 0.25) is 0 Å². The molecule has 1 amide bonds. The summed E-state index contributed by atoms with van der Waals surface area (Å²) in [7, 11) is -3.59. The molecule has 0 spiro atoms. The van der Waals surface area contributed by atoms with E-state index in [1.165, 1.54) is 12.1 Å². The minimum absolute atomic E-state index is 0.0297. The number of rotatable bonds is 5. The van der Waals surface area contributed by atoms with E-state index < -0.39 is 10.0 Å². The average Bonchev–Trinajstić information content (AvgIpc) is 3.34. The molecule has 0 unspecified atom stereocenters. The second-order valence-corrected chi connectivity index (χ2v) is 10.5. The number of sulfonamides is 1. The summed E-state index contributed by atoms with van der Waals surface area (Å²) in [6.07, 6.45) is 5.98. The highest BCUT2D eigenvalue weighted by atomic mass is 32.2. The number of likely N-dealkylation sites (tertiary alicyclic amines) is 1. The topological polar surface area (TPSA) is 86.7 Å². The number of carbonyl (C=O) groups excluding carboxylic acids is 1. The molecule has 0 radical (unpaired) electrons. The van der Waals surface area contributed by atoms with Crippen LogP contribution < -0.4 is 4.72 Å². The van der Waals surface area contributed by atoms with Crippen molar-refractivity contribution in [3.05, 3.63) is 29.8 Å². The van der Waals surface area contributed by atoms with Crippen LogP contribution in [-0.4, -0.2) is 49.1 Å². The zero-order valence-corrected chi connectivity index (χ0v) is 17.2. The van der Waals surface area contributed by atoms with Crippen molar-refractivity contribution in [1.82, 2.24) is 9.62 Å². The molecule has 1 aromatic rings. The van der Waals surface area contributed by atoms with Crippen molar-refractivity contribution in [3.8, 4) is 0 Å². The molecule has 1 heterocycles. The van der Waals surface area contributed by atoms with Crippen LogP contribution in [0.15, 0.2) is 29.2 Å². The number of nitrogens with zero attached hydrogens (tertiary/aromatic N) is 1. The molecule has 28 heavy (non-hydrogen) atoms. The molecule has 0 bridgehead atoms. The number of amides is 1. The summed E-state index contributed by atoms with van der Waals surface area (Å²) < 4.78 is 27.7. The van der Waals surface area contributed by atoms with Crippen LogP contribution in [0.25, 0.3) is 0 Å². The fourth-order valence-electron chi connectivity index (χ4n) is 4.76. The Bertz CT molecular complexity index is 837. The zero-order valence-electron chi connectivity index (χ0n) is 16.4. The van der Waals surface area contributed by atoms with Crippen molar-refractivity contribution < 1.29 is 18.3 Å². The second kappa shape index (κ2) is 7.76. The first-order valence-corrected chi connectivity index (χ1v) is 11.9. The molecule has 1 aliphatic heterocycles. The molecule has 4 atom stereocenters. The summed E-state index contributed by atoms with van der Waals surface area (Å²) in [5.41, 5.74) is 0.406. The SMILES string of the molecule is C[C@@H]1CC[C@H](O)[C@@H]([C@H]2CCCN2C(=O)c2cccc(S(=O)(=O)NC3CC3)c2)C1. The summed E-state index contributed by atoms with van der Waals surface area (Å²) in [5, 5.41) is 10.5. The molecule has 2 N–H and O–H groups in total. The number of hydrogen-bond acceptors (Lipinski definition) is 4. The molecule has 0 aromatic heterocycles. The van der Waals surface area contributed by atoms with Crippen molar-refractivity contribution >= 4 is 15.9 Å². The normalized spacial score (nSPS) is 31.1. The van der Waals surface area contributed by atoms with Gasteiger partial charge in [0.15, 0.2) is 0 Å². The van der Waals surface area contributed by atoms with Crippen molar-refractivity contribution in [2.24, 2.45) is 11.8 Å². The van der Waals surface area contributed by atoms with Crippen molar-refractivity contribution in [3.63, 3.8) is 0 Å². The van der Waals surface area contributed by atoms with Gasteiger partial charge in [0.05, 0.1) is 11.0 Å². The van der Waals surface area contributed by atoms with Gasteiger partial charge in [-0.2, -0.15) is 0 Å². The summed E-state index contributed by atoms with van der Waals surface area (Å²) >= 11 is 0. The second-order valence-electron chi connectivity index (χ2n) is 8.78. The molecular weight excluding hydrogens is 376 g/mol. The maximum atomic E-state index is 13.2. The molecule has 2 aliphatic carbocycles. The van der Waals surface area contributed by atoms with Crippen molar-refractivity contribution in [1.29, 1.82) is 0 Å². The van der Waals surface area contributed by atoms with Crippen LogP contribution in [-0.2, 0) is 10.0 Å². The molecule has 154 valence electrons. The highest BCUT2D eigenvalue weighted by Crippen LogP contribution is 2.37. The Labute approximate surface area is 167 Å². The predicted molar refractivity (Wildman–Crippen MR) is 106 cm³/mol. The third kappa shape index (κ3) is 4.11. The van der Waals surface area contributed by atoms with Gasteiger partial charge in [-0.15, -0.1) is 0 Å². The van der Waals surface area contributed by atoms with Crippen LogP contribution >= 0.6 is 0 Å². The smallest absolute Gasteiger partial charge is 0.254 e. The van der Waals surface area contributed by atoms with E-state index in [0.717, 1.165) is 44.9 Å². The fourth-order valence-corrected chi connectivity index (χ4v) is 6.11. The van der Waals surface area contributed by atoms with E-state index in [1.54, 1.807) is 12.1 Å². The monoisotopic (exact) mass is 406 g/mol. The molecule has 2 saturated carbocycles. The largest absolute Gasteiger partial charge is 0.393 e. The van der Waals surface area contributed by atoms with Gasteiger partial charge in [-0.05, 0) is 69.1 Å². The lowest BCUT2D eigenvalue weighted by atomic mass is 9.76. The van der Waals surface area contributed by atoms with Gasteiger partial charge in [0.25, 0.3) is 5.91 Å². The van der Waals surface area contributed by atoms with Gasteiger partial charge in [0.1, 0.15) is 0 Å². The van der Waals surface area contributed by atoms with Gasteiger partial charge in [0, 0.05) is 30.1 Å². The maximum Gasteiger partial charge on any atom is 0.254 e. The Kier molecular flexibility index (Phi) is 5.51. The Morgan fingerprint density at radius 2 is 1.96 bits per heavy atom. The van der Waals surface area contributed by atoms with Gasteiger partial charge in [-0.1, -0.05) is 13.0 Å². The first-order valence-electron chi connectivity index (χ1n) is 10.5. The number of benzene rings is 1. The molecule has 1 saturated heterocycles. The van der Waals surface area contributed by atoms with Crippen molar-refractivity contribution in [2.45, 2.75) is 75.0 Å². The molecule has 6 nitrogen and oxygen atoms in total. The van der Waals surface area contributed by atoms with E-state index in [2.05, 4.69) is 11.6 Å². The highest BCUT2D eigenvalue weighted by molar-refractivity contribution is 7.89. The van der Waals surface area contributed by atoms with Gasteiger partial charge >= 0.3 is 0 Å². The van der Waals surface area contributed by atoms with Gasteiger partial charge in [0.2, 0.25) is 10.0 Å². The molecule has 4 rings (SSSR count). The minimum Gasteiger partial charge on any atom is -0.393 e. The van der Waals surface area contributed by atoms with Crippen LogP contribution in [0.4, 0.5) is 0 Å². The number of hydrogen-bond donors (Lipinski definition) is 2. The van der Waals surface area contributed by atoms with Crippen LogP contribution in [0.5, 0.6) is 0 Å². The Balaban J connectivity index is 1.54. The Morgan fingerprint density at radius 3 is 2.71 bits per heavy atom. The Morgan fingerprint density at radius 1 is 1.18 bits per heavy atom. The van der Waals surface area contributed by atoms with Gasteiger partial charge in [-0.25, -0.2) is 13.1 Å². The number of aliphatic hydroxyl groups is 1. The van der Waals surface area contributed by atoms with Crippen LogP contribution in [0, 0.1) is 11.8 Å². The lowest BCUT2D eigenvalue weighted by Crippen LogP contribution is -2.46. The summed E-state index contributed by atoms with van der Waals surface area (Å²) in [6, 6.07) is 6.42. The van der Waals surface area contributed by atoms with Gasteiger partial charge < -0.3 is 10.0 Å². The third-order valence-electron chi connectivity index (χ3n) is 6.47. The zero-order chi connectivity index (χ0) is 19.9. The Hall–Kier alpha value is -1.44. The summed E-state index contributed by atoms with van der Waals surface area (Å²) in [5.74, 6) is 0.544. The highest BCUT2D eigenvalue weighted by Gasteiger charge is 2.40. The number of carbonyl (C=O) groups is 1. The molecular formula is C21H30N2O4S. The maximum absolute atomic E-state index is 13.2. The van der Waals surface area contributed by atoms with Crippen LogP contribution in [0.3, 0.4) is 0 Å². The number of aliphatic hydroxyl groups excluding tert-OH is 1. The lowest BCUT2D eigenvalue weighted by Gasteiger charge is -2.39. The average molecular weight is 407 g/mol. The summed E-state index contributed by atoms with van der Waals surface area (Å²) in [6.45, 7) is 2.87. The molecule has 7 heteroatoms. The third-order valence-corrected chi connectivity index (χ3v) is 7.99. The first kappa shape index (κ1) is 19.9. The lowest BCUT2D eigenvalue weighted by molar-refractivity contribution is 0.00859. The van der Waals surface area contributed by atoms with Crippen LogP contribution in [0.1, 0.15) is 62.2 Å². The molecule has 3 fully saturated rings. The van der Waals surface area contributed by atoms with Crippen molar-refractivity contribution in [2.75, 3.05) is 6.54 Å². The standard InChI is InChI=1S/C21H30N2O4S/c1-14-7-10-20(24)18(12-14)19-6-3-11-23(19)21(25)15-4-2-5-17(13-15)28(26,27)22-16-8-9-16/h2,4-5,13-14,16,18-20,22,24H,3,6-12H2,1H3/t14-,18-,19-,20+/m1/s1. The van der Waals surface area contributed by atoms with E-state index in [4.69, 9.17) is 0 Å². The van der Waals surface area contributed by atoms with Gasteiger partial charge in [-0.3, -0.25) is 4.79 Å². The first-order chi connectivity index (χ1) is 13.3. The predicted octanol–water partition coefficient (Wildman–Crippen LogP) is 2.53. The van der Waals surface area contributed by atoms with E-state index in [-0.39, 0.29) is 34.9 Å². The molecule has 3 aliphatic rings. The quantitative estimate of drug-likeness (QED) is 0.787. The van der Waals surface area contributed by atoms with E-state index in [1.807, 2.05) is 4.90 Å². The molecule has 1 aromatic carbocycles.